The molecule has 0 bridgehead atoms. The zero-order valence-corrected chi connectivity index (χ0v) is 12.8. The average molecular weight is 317 g/mol. The van der Waals surface area contributed by atoms with E-state index in [0.717, 1.165) is 0 Å². The zero-order chi connectivity index (χ0) is 16.7. The molecule has 1 aromatic heterocycles. The van der Waals surface area contributed by atoms with Crippen molar-refractivity contribution >= 4 is 11.9 Å². The molecular formula is C16H19N3O4. The molecule has 1 aromatic carbocycles. The number of hydrogen-bond donors (Lipinski definition) is 3. The summed E-state index contributed by atoms with van der Waals surface area (Å²) in [5, 5.41) is 14.4. The molecule has 23 heavy (non-hydrogen) atoms. The van der Waals surface area contributed by atoms with Crippen LogP contribution in [-0.2, 0) is 17.9 Å². The van der Waals surface area contributed by atoms with Crippen molar-refractivity contribution in [2.45, 2.75) is 13.1 Å². The van der Waals surface area contributed by atoms with E-state index in [1.165, 1.54) is 7.05 Å². The van der Waals surface area contributed by atoms with Crippen LogP contribution in [0.4, 0.5) is 4.79 Å². The molecule has 0 unspecified atom stereocenters. The van der Waals surface area contributed by atoms with Gasteiger partial charge in [0.15, 0.2) is 0 Å². The Hall–Kier alpha value is -2.80. The normalized spacial score (nSPS) is 10.5. The number of furan rings is 1. The number of rotatable bonds is 6. The largest absolute Gasteiger partial charge is 0.508 e. The summed E-state index contributed by atoms with van der Waals surface area (Å²) in [7, 11) is 1.44. The van der Waals surface area contributed by atoms with Gasteiger partial charge in [-0.2, -0.15) is 0 Å². The zero-order valence-electron chi connectivity index (χ0n) is 12.8. The van der Waals surface area contributed by atoms with Crippen molar-refractivity contribution in [2.24, 2.45) is 0 Å². The second-order valence-electron chi connectivity index (χ2n) is 4.98. The lowest BCUT2D eigenvalue weighted by Gasteiger charge is -2.21. The number of amides is 3. The molecule has 0 saturated carbocycles. The van der Waals surface area contributed by atoms with Gasteiger partial charge in [-0.25, -0.2) is 4.79 Å². The van der Waals surface area contributed by atoms with E-state index >= 15 is 0 Å². The third kappa shape index (κ3) is 5.15. The molecule has 0 aliphatic rings. The molecule has 0 aliphatic heterocycles. The minimum Gasteiger partial charge on any atom is -0.508 e. The highest BCUT2D eigenvalue weighted by molar-refractivity contribution is 5.95. The number of imide groups is 1. The molecule has 122 valence electrons. The van der Waals surface area contributed by atoms with Crippen LogP contribution < -0.4 is 10.6 Å². The molecule has 2 rings (SSSR count). The minimum atomic E-state index is -0.560. The van der Waals surface area contributed by atoms with Crippen molar-refractivity contribution in [3.05, 3.63) is 54.0 Å². The Morgan fingerprint density at radius 2 is 1.96 bits per heavy atom. The van der Waals surface area contributed by atoms with Gasteiger partial charge in [0.1, 0.15) is 11.5 Å². The number of phenols is 1. The van der Waals surface area contributed by atoms with Crippen LogP contribution >= 0.6 is 0 Å². The van der Waals surface area contributed by atoms with E-state index in [4.69, 9.17) is 4.42 Å². The third-order valence-corrected chi connectivity index (χ3v) is 3.19. The second kappa shape index (κ2) is 8.00. The van der Waals surface area contributed by atoms with Gasteiger partial charge in [-0.1, -0.05) is 18.2 Å². The number of phenolic OH excluding ortho intramolecular Hbond substituents is 1. The van der Waals surface area contributed by atoms with E-state index in [-0.39, 0.29) is 12.3 Å². The van der Waals surface area contributed by atoms with E-state index < -0.39 is 11.9 Å². The SMILES string of the molecule is CNC(=O)NC(=O)CN(Cc1ccco1)Cc1ccccc1O. The molecule has 2 aromatic rings. The molecule has 0 aliphatic carbocycles. The lowest BCUT2D eigenvalue weighted by Crippen LogP contribution is -2.43. The first kappa shape index (κ1) is 16.6. The number of hydrogen-bond acceptors (Lipinski definition) is 5. The van der Waals surface area contributed by atoms with Crippen molar-refractivity contribution in [2.75, 3.05) is 13.6 Å². The van der Waals surface area contributed by atoms with Crippen LogP contribution in [0.15, 0.2) is 47.1 Å². The van der Waals surface area contributed by atoms with Crippen molar-refractivity contribution < 1.29 is 19.1 Å². The van der Waals surface area contributed by atoms with Crippen LogP contribution in [-0.4, -0.2) is 35.5 Å². The minimum absolute atomic E-state index is 0.0115. The molecule has 0 fully saturated rings. The molecule has 0 radical (unpaired) electrons. The fourth-order valence-corrected chi connectivity index (χ4v) is 2.11. The van der Waals surface area contributed by atoms with Crippen LogP contribution in [0.3, 0.4) is 0 Å². The summed E-state index contributed by atoms with van der Waals surface area (Å²) >= 11 is 0. The summed E-state index contributed by atoms with van der Waals surface area (Å²) in [5.41, 5.74) is 0.687. The monoisotopic (exact) mass is 317 g/mol. The van der Waals surface area contributed by atoms with E-state index in [1.807, 2.05) is 6.07 Å². The second-order valence-corrected chi connectivity index (χ2v) is 4.98. The number of aromatic hydroxyl groups is 1. The fraction of sp³-hybridized carbons (Fsp3) is 0.250. The van der Waals surface area contributed by atoms with Crippen molar-refractivity contribution in [3.8, 4) is 5.75 Å². The van der Waals surface area contributed by atoms with Crippen LogP contribution in [0.25, 0.3) is 0 Å². The molecule has 7 nitrogen and oxygen atoms in total. The quantitative estimate of drug-likeness (QED) is 0.749. The van der Waals surface area contributed by atoms with Crippen LogP contribution in [0.1, 0.15) is 11.3 Å². The Morgan fingerprint density at radius 3 is 2.61 bits per heavy atom. The Labute approximate surface area is 133 Å². The predicted octanol–water partition coefficient (Wildman–Crippen LogP) is 1.44. The Balaban J connectivity index is 2.07. The molecule has 0 spiro atoms. The topological polar surface area (TPSA) is 94.8 Å². The molecular weight excluding hydrogens is 298 g/mol. The molecule has 3 amide bonds. The van der Waals surface area contributed by atoms with Crippen LogP contribution in [0.2, 0.25) is 0 Å². The number of carbonyl (C=O) groups excluding carboxylic acids is 2. The van der Waals surface area contributed by atoms with Gasteiger partial charge in [0, 0.05) is 19.2 Å². The Kier molecular flexibility index (Phi) is 5.76. The maximum absolute atomic E-state index is 11.9. The standard InChI is InChI=1S/C16H19N3O4/c1-17-16(22)18-15(21)11-19(10-13-6-4-8-23-13)9-12-5-2-3-7-14(12)20/h2-8,20H,9-11H2,1H3,(H2,17,18,21,22). The number of carbonyl (C=O) groups is 2. The maximum atomic E-state index is 11.9. The Morgan fingerprint density at radius 1 is 1.17 bits per heavy atom. The number of nitrogens with zero attached hydrogens (tertiary/aromatic N) is 1. The van der Waals surface area contributed by atoms with Crippen molar-refractivity contribution in [1.29, 1.82) is 0 Å². The van der Waals surface area contributed by atoms with E-state index in [0.29, 0.717) is 24.4 Å². The van der Waals surface area contributed by atoms with Gasteiger partial charge in [-0.3, -0.25) is 15.0 Å². The highest BCUT2D eigenvalue weighted by atomic mass is 16.3. The van der Waals surface area contributed by atoms with Crippen LogP contribution in [0.5, 0.6) is 5.75 Å². The van der Waals surface area contributed by atoms with Gasteiger partial charge < -0.3 is 14.8 Å². The lowest BCUT2D eigenvalue weighted by atomic mass is 10.2. The van der Waals surface area contributed by atoms with Crippen molar-refractivity contribution in [1.82, 2.24) is 15.5 Å². The van der Waals surface area contributed by atoms with Crippen molar-refractivity contribution in [3.63, 3.8) is 0 Å². The average Bonchev–Trinajstić information content (AvgIpc) is 3.02. The molecule has 3 N–H and O–H groups in total. The Bertz CT molecular complexity index is 655. The van der Waals surface area contributed by atoms with E-state index in [2.05, 4.69) is 10.6 Å². The van der Waals surface area contributed by atoms with Crippen LogP contribution in [0, 0.1) is 0 Å². The highest BCUT2D eigenvalue weighted by Crippen LogP contribution is 2.19. The summed E-state index contributed by atoms with van der Waals surface area (Å²) in [6, 6.07) is 9.91. The van der Waals surface area contributed by atoms with Gasteiger partial charge in [0.05, 0.1) is 19.4 Å². The first-order valence-electron chi connectivity index (χ1n) is 7.11. The van der Waals surface area contributed by atoms with Gasteiger partial charge in [-0.05, 0) is 18.2 Å². The van der Waals surface area contributed by atoms with E-state index in [9.17, 15) is 14.7 Å². The summed E-state index contributed by atoms with van der Waals surface area (Å²) in [5.74, 6) is 0.406. The number of urea groups is 1. The number of nitrogens with one attached hydrogen (secondary N) is 2. The smallest absolute Gasteiger partial charge is 0.321 e. The first-order valence-corrected chi connectivity index (χ1v) is 7.11. The van der Waals surface area contributed by atoms with Gasteiger partial charge in [0.25, 0.3) is 0 Å². The van der Waals surface area contributed by atoms with Gasteiger partial charge >= 0.3 is 6.03 Å². The summed E-state index contributed by atoms with van der Waals surface area (Å²) in [6.45, 7) is 0.708. The third-order valence-electron chi connectivity index (χ3n) is 3.19. The molecule has 0 atom stereocenters. The summed E-state index contributed by atoms with van der Waals surface area (Å²) < 4.78 is 5.30. The van der Waals surface area contributed by atoms with Gasteiger partial charge in [-0.15, -0.1) is 0 Å². The number of para-hydroxylation sites is 1. The summed E-state index contributed by atoms with van der Waals surface area (Å²) in [4.78, 5) is 24.9. The molecule has 7 heteroatoms. The lowest BCUT2D eigenvalue weighted by molar-refractivity contribution is -0.121. The predicted molar refractivity (Wildman–Crippen MR) is 83.5 cm³/mol. The highest BCUT2D eigenvalue weighted by Gasteiger charge is 2.16. The summed E-state index contributed by atoms with van der Waals surface area (Å²) in [6.07, 6.45) is 1.55. The first-order chi connectivity index (χ1) is 11.1. The molecule has 0 saturated heterocycles. The maximum Gasteiger partial charge on any atom is 0.321 e. The fourth-order valence-electron chi connectivity index (χ4n) is 2.11. The number of benzene rings is 1. The van der Waals surface area contributed by atoms with E-state index in [1.54, 1.807) is 41.5 Å². The molecule has 1 heterocycles. The van der Waals surface area contributed by atoms with Gasteiger partial charge in [0.2, 0.25) is 5.91 Å².